The van der Waals surface area contributed by atoms with Gasteiger partial charge in [0.25, 0.3) is 0 Å². The Morgan fingerprint density at radius 1 is 1.29 bits per heavy atom. The van der Waals surface area contributed by atoms with E-state index in [1.165, 1.54) is 12.1 Å². The molecule has 0 saturated heterocycles. The maximum Gasteiger partial charge on any atom is 0.408 e. The lowest BCUT2D eigenvalue weighted by Gasteiger charge is -2.19. The van der Waals surface area contributed by atoms with Gasteiger partial charge in [0, 0.05) is 11.3 Å². The van der Waals surface area contributed by atoms with Crippen LogP contribution in [-0.4, -0.2) is 24.1 Å². The minimum Gasteiger partial charge on any atom is -0.444 e. The molecule has 0 spiro atoms. The van der Waals surface area contributed by atoms with Crippen molar-refractivity contribution < 1.29 is 18.7 Å². The van der Waals surface area contributed by atoms with Gasteiger partial charge in [0.1, 0.15) is 18.0 Å². The molecule has 0 bridgehead atoms. The van der Waals surface area contributed by atoms with Crippen LogP contribution in [0.1, 0.15) is 33.3 Å². The van der Waals surface area contributed by atoms with Crippen LogP contribution in [0, 0.1) is 5.82 Å². The molecule has 0 atom stereocenters. The van der Waals surface area contributed by atoms with Crippen LogP contribution in [0.15, 0.2) is 18.2 Å². The zero-order valence-electron chi connectivity index (χ0n) is 12.7. The number of anilines is 1. The molecule has 5 nitrogen and oxygen atoms in total. The minimum atomic E-state index is -0.674. The van der Waals surface area contributed by atoms with Crippen molar-refractivity contribution in [3.05, 3.63) is 29.6 Å². The Morgan fingerprint density at radius 3 is 2.52 bits per heavy atom. The van der Waals surface area contributed by atoms with Gasteiger partial charge < -0.3 is 15.4 Å². The van der Waals surface area contributed by atoms with Gasteiger partial charge in [0.05, 0.1) is 0 Å². The number of ether oxygens (including phenoxy) is 1. The third kappa shape index (κ3) is 5.81. The van der Waals surface area contributed by atoms with Crippen molar-refractivity contribution in [2.45, 2.75) is 39.7 Å². The molecular weight excluding hydrogens is 275 g/mol. The molecule has 21 heavy (non-hydrogen) atoms. The fraction of sp³-hybridized carbons (Fsp3) is 0.467. The molecule has 0 unspecified atom stereocenters. The summed E-state index contributed by atoms with van der Waals surface area (Å²) < 4.78 is 18.6. The van der Waals surface area contributed by atoms with E-state index >= 15 is 0 Å². The monoisotopic (exact) mass is 296 g/mol. The van der Waals surface area contributed by atoms with Crippen molar-refractivity contribution >= 4 is 17.7 Å². The molecule has 2 amide bonds. The molecule has 6 heteroatoms. The van der Waals surface area contributed by atoms with Crippen molar-refractivity contribution in [3.8, 4) is 0 Å². The second-order valence-corrected chi connectivity index (χ2v) is 5.52. The summed E-state index contributed by atoms with van der Waals surface area (Å²) in [4.78, 5) is 23.2. The molecule has 0 aliphatic rings. The van der Waals surface area contributed by atoms with Crippen LogP contribution in [0.3, 0.4) is 0 Å². The van der Waals surface area contributed by atoms with Crippen LogP contribution in [-0.2, 0) is 16.0 Å². The first-order valence-corrected chi connectivity index (χ1v) is 6.77. The van der Waals surface area contributed by atoms with E-state index in [0.717, 1.165) is 0 Å². The quantitative estimate of drug-likeness (QED) is 0.897. The molecular formula is C15H21FN2O3. The lowest BCUT2D eigenvalue weighted by Crippen LogP contribution is -2.37. The summed E-state index contributed by atoms with van der Waals surface area (Å²) in [5.41, 5.74) is 0.218. The minimum absolute atomic E-state index is 0.241. The number of amides is 2. The molecule has 0 radical (unpaired) electrons. The smallest absolute Gasteiger partial charge is 0.408 e. The third-order valence-electron chi connectivity index (χ3n) is 2.54. The number of carbonyl (C=O) groups is 2. The molecule has 0 aliphatic carbocycles. The Kier molecular flexibility index (Phi) is 5.69. The van der Waals surface area contributed by atoms with E-state index in [1.54, 1.807) is 33.8 Å². The average Bonchev–Trinajstić information content (AvgIpc) is 2.35. The fourth-order valence-corrected chi connectivity index (χ4v) is 1.70. The highest BCUT2D eigenvalue weighted by atomic mass is 19.1. The van der Waals surface area contributed by atoms with Gasteiger partial charge in [-0.15, -0.1) is 0 Å². The lowest BCUT2D eigenvalue weighted by molar-refractivity contribution is -0.115. The van der Waals surface area contributed by atoms with E-state index in [9.17, 15) is 14.0 Å². The van der Waals surface area contributed by atoms with Crippen LogP contribution in [0.25, 0.3) is 0 Å². The van der Waals surface area contributed by atoms with Gasteiger partial charge in [-0.3, -0.25) is 4.79 Å². The normalized spacial score (nSPS) is 10.9. The first-order chi connectivity index (χ1) is 9.73. The molecule has 1 aromatic carbocycles. The van der Waals surface area contributed by atoms with Gasteiger partial charge in [0.15, 0.2) is 0 Å². The summed E-state index contributed by atoms with van der Waals surface area (Å²) in [5.74, 6) is -0.809. The van der Waals surface area contributed by atoms with E-state index in [2.05, 4.69) is 10.6 Å². The van der Waals surface area contributed by atoms with Gasteiger partial charge in [-0.05, 0) is 39.3 Å². The SMILES string of the molecule is CCc1c(F)cccc1NC(=O)CNC(=O)OC(C)(C)C. The summed E-state index contributed by atoms with van der Waals surface area (Å²) in [7, 11) is 0. The number of rotatable bonds is 4. The van der Waals surface area contributed by atoms with Crippen molar-refractivity contribution in [1.29, 1.82) is 0 Å². The summed E-state index contributed by atoms with van der Waals surface area (Å²) in [5, 5.41) is 4.92. The van der Waals surface area contributed by atoms with Crippen LogP contribution < -0.4 is 10.6 Å². The second-order valence-electron chi connectivity index (χ2n) is 5.52. The zero-order valence-corrected chi connectivity index (χ0v) is 12.7. The Labute approximate surface area is 123 Å². The first kappa shape index (κ1) is 16.9. The number of hydrogen-bond acceptors (Lipinski definition) is 3. The maximum absolute atomic E-state index is 13.6. The van der Waals surface area contributed by atoms with Gasteiger partial charge in [-0.2, -0.15) is 0 Å². The standard InChI is InChI=1S/C15H21FN2O3/c1-5-10-11(16)7-6-8-12(10)18-13(19)9-17-14(20)21-15(2,3)4/h6-8H,5,9H2,1-4H3,(H,17,20)(H,18,19). The van der Waals surface area contributed by atoms with Gasteiger partial charge in [-0.1, -0.05) is 13.0 Å². The third-order valence-corrected chi connectivity index (χ3v) is 2.54. The maximum atomic E-state index is 13.6. The van der Waals surface area contributed by atoms with E-state index in [-0.39, 0.29) is 12.4 Å². The van der Waals surface area contributed by atoms with E-state index in [4.69, 9.17) is 4.74 Å². The van der Waals surface area contributed by atoms with E-state index in [1.807, 2.05) is 0 Å². The van der Waals surface area contributed by atoms with Gasteiger partial charge in [0.2, 0.25) is 5.91 Å². The molecule has 1 rings (SSSR count). The largest absolute Gasteiger partial charge is 0.444 e. The molecule has 116 valence electrons. The predicted molar refractivity (Wildman–Crippen MR) is 78.6 cm³/mol. The highest BCUT2D eigenvalue weighted by Crippen LogP contribution is 2.19. The van der Waals surface area contributed by atoms with Crippen LogP contribution >= 0.6 is 0 Å². The fourth-order valence-electron chi connectivity index (χ4n) is 1.70. The number of halogens is 1. The second kappa shape index (κ2) is 7.06. The highest BCUT2D eigenvalue weighted by molar-refractivity contribution is 5.94. The number of nitrogens with one attached hydrogen (secondary N) is 2. The van der Waals surface area contributed by atoms with Crippen molar-refractivity contribution in [3.63, 3.8) is 0 Å². The number of carbonyl (C=O) groups excluding carboxylic acids is 2. The van der Waals surface area contributed by atoms with Gasteiger partial charge in [-0.25, -0.2) is 9.18 Å². The average molecular weight is 296 g/mol. The summed E-state index contributed by atoms with van der Waals surface area (Å²) >= 11 is 0. The Balaban J connectivity index is 2.55. The first-order valence-electron chi connectivity index (χ1n) is 6.77. The van der Waals surface area contributed by atoms with Crippen molar-refractivity contribution in [2.24, 2.45) is 0 Å². The summed E-state index contributed by atoms with van der Waals surface area (Å²) in [6.07, 6.45) is -0.213. The molecule has 0 aliphatic heterocycles. The van der Waals surface area contributed by atoms with Gasteiger partial charge >= 0.3 is 6.09 Å². The Morgan fingerprint density at radius 2 is 1.95 bits per heavy atom. The summed E-state index contributed by atoms with van der Waals surface area (Å²) in [6.45, 7) is 6.74. The Hall–Kier alpha value is -2.11. The molecule has 0 saturated carbocycles. The molecule has 1 aromatic rings. The molecule has 0 fully saturated rings. The van der Waals surface area contributed by atoms with E-state index in [0.29, 0.717) is 17.7 Å². The zero-order chi connectivity index (χ0) is 16.0. The molecule has 0 aromatic heterocycles. The topological polar surface area (TPSA) is 67.4 Å². The lowest BCUT2D eigenvalue weighted by atomic mass is 10.1. The number of benzene rings is 1. The Bertz CT molecular complexity index is 524. The number of hydrogen-bond donors (Lipinski definition) is 2. The van der Waals surface area contributed by atoms with Crippen molar-refractivity contribution in [1.82, 2.24) is 5.32 Å². The van der Waals surface area contributed by atoms with E-state index < -0.39 is 17.6 Å². The highest BCUT2D eigenvalue weighted by Gasteiger charge is 2.17. The van der Waals surface area contributed by atoms with Crippen LogP contribution in [0.2, 0.25) is 0 Å². The van der Waals surface area contributed by atoms with Crippen LogP contribution in [0.5, 0.6) is 0 Å². The molecule has 0 heterocycles. The van der Waals surface area contributed by atoms with Crippen LogP contribution in [0.4, 0.5) is 14.9 Å². The predicted octanol–water partition coefficient (Wildman–Crippen LogP) is 2.85. The number of alkyl carbamates (subject to hydrolysis) is 1. The summed E-state index contributed by atoms with van der Waals surface area (Å²) in [6, 6.07) is 4.48. The van der Waals surface area contributed by atoms with Crippen molar-refractivity contribution in [2.75, 3.05) is 11.9 Å². The molecule has 2 N–H and O–H groups in total.